The molecule has 0 saturated carbocycles. The van der Waals surface area contributed by atoms with E-state index in [0.717, 1.165) is 40.7 Å². The molecule has 6 nitrogen and oxygen atoms in total. The number of benzene rings is 4. The first kappa shape index (κ1) is 24.5. The van der Waals surface area contributed by atoms with Crippen molar-refractivity contribution in [3.63, 3.8) is 0 Å². The van der Waals surface area contributed by atoms with Crippen LogP contribution in [0, 0.1) is 0 Å². The second-order valence-electron chi connectivity index (χ2n) is 9.95. The summed E-state index contributed by atoms with van der Waals surface area (Å²) in [7, 11) is 0. The summed E-state index contributed by atoms with van der Waals surface area (Å²) in [5.41, 5.74) is 6.08. The topological polar surface area (TPSA) is 76.1 Å². The van der Waals surface area contributed by atoms with Crippen molar-refractivity contribution in [1.82, 2.24) is 15.0 Å². The molecule has 0 N–H and O–H groups in total. The third-order valence-corrected chi connectivity index (χ3v) is 7.32. The molecule has 4 aromatic carbocycles. The van der Waals surface area contributed by atoms with E-state index < -0.39 is 11.7 Å². The number of carbonyl (C=O) groups excluding carboxylic acids is 2. The van der Waals surface area contributed by atoms with E-state index in [-0.39, 0.29) is 0 Å². The zero-order valence-electron chi connectivity index (χ0n) is 22.1. The lowest BCUT2D eigenvalue weighted by atomic mass is 10.0. The van der Waals surface area contributed by atoms with Crippen molar-refractivity contribution < 1.29 is 9.59 Å². The molecule has 0 atom stereocenters. The Kier molecular flexibility index (Phi) is 6.13. The van der Waals surface area contributed by atoms with Gasteiger partial charge < -0.3 is 0 Å². The van der Waals surface area contributed by atoms with Crippen LogP contribution >= 0.6 is 0 Å². The summed E-state index contributed by atoms with van der Waals surface area (Å²) in [4.78, 5) is 42.3. The number of Topliss-reactive ketones (excluding diaryl/α,β-unsaturated/α-hetero) is 1. The smallest absolute Gasteiger partial charge is 0.283 e. The Morgan fingerprint density at radius 1 is 0.610 bits per heavy atom. The van der Waals surface area contributed by atoms with Gasteiger partial charge in [-0.3, -0.25) is 14.5 Å². The third kappa shape index (κ3) is 4.55. The number of allylic oxidation sites excluding steroid dienone is 4. The van der Waals surface area contributed by atoms with E-state index >= 15 is 0 Å². The van der Waals surface area contributed by atoms with Gasteiger partial charge in [-0.2, -0.15) is 0 Å². The van der Waals surface area contributed by atoms with Gasteiger partial charge >= 0.3 is 5.91 Å². The predicted octanol–water partition coefficient (Wildman–Crippen LogP) is 7.47. The lowest BCUT2D eigenvalue weighted by Gasteiger charge is -2.18. The fourth-order valence-corrected chi connectivity index (χ4v) is 5.24. The number of aromatic nitrogens is 3. The van der Waals surface area contributed by atoms with Crippen LogP contribution in [0.5, 0.6) is 0 Å². The van der Waals surface area contributed by atoms with E-state index in [1.54, 1.807) is 6.07 Å². The largest absolute Gasteiger partial charge is 0.304 e. The normalized spacial score (nSPS) is 14.2. The molecule has 2 heterocycles. The van der Waals surface area contributed by atoms with Crippen molar-refractivity contribution in [3.8, 4) is 33.9 Å². The first-order chi connectivity index (χ1) is 20.2. The fraction of sp³-hybridized carbons (Fsp3) is 0.0571. The molecule has 0 radical (unpaired) electrons. The van der Waals surface area contributed by atoms with Gasteiger partial charge in [-0.1, -0.05) is 97.1 Å². The van der Waals surface area contributed by atoms with Gasteiger partial charge in [0.25, 0.3) is 5.78 Å². The molecule has 196 valence electrons. The fourth-order valence-electron chi connectivity index (χ4n) is 5.24. The van der Waals surface area contributed by atoms with E-state index in [9.17, 15) is 9.59 Å². The summed E-state index contributed by atoms with van der Waals surface area (Å²) in [6.45, 7) is 0. The highest BCUT2D eigenvalue weighted by Crippen LogP contribution is 2.39. The van der Waals surface area contributed by atoms with Crippen molar-refractivity contribution >= 4 is 28.6 Å². The number of anilines is 2. The van der Waals surface area contributed by atoms with Gasteiger partial charge in [0.15, 0.2) is 17.5 Å². The Labute approximate surface area is 237 Å². The van der Waals surface area contributed by atoms with Crippen LogP contribution in [0.4, 0.5) is 11.4 Å². The molecule has 1 aliphatic carbocycles. The Balaban J connectivity index is 1.31. The summed E-state index contributed by atoms with van der Waals surface area (Å²) in [6, 6.07) is 32.6. The lowest BCUT2D eigenvalue weighted by Crippen LogP contribution is -2.24. The molecule has 1 amide bonds. The Morgan fingerprint density at radius 2 is 1.29 bits per heavy atom. The molecule has 1 aromatic heterocycles. The highest BCUT2D eigenvalue weighted by molar-refractivity contribution is 6.53. The van der Waals surface area contributed by atoms with Crippen LogP contribution in [0.15, 0.2) is 121 Å². The average Bonchev–Trinajstić information content (AvgIpc) is 3.30. The molecule has 0 bridgehead atoms. The summed E-state index contributed by atoms with van der Waals surface area (Å²) in [5.74, 6) is 0.619. The molecule has 0 spiro atoms. The molecule has 0 fully saturated rings. The van der Waals surface area contributed by atoms with Crippen LogP contribution in [0.2, 0.25) is 0 Å². The van der Waals surface area contributed by atoms with Crippen LogP contribution in [-0.4, -0.2) is 26.6 Å². The highest BCUT2D eigenvalue weighted by Gasteiger charge is 2.37. The van der Waals surface area contributed by atoms with Crippen molar-refractivity contribution in [3.05, 3.63) is 133 Å². The summed E-state index contributed by atoms with van der Waals surface area (Å²) in [6.07, 6.45) is 7.98. The van der Waals surface area contributed by atoms with Crippen molar-refractivity contribution in [1.29, 1.82) is 0 Å². The van der Waals surface area contributed by atoms with E-state index in [2.05, 4.69) is 6.08 Å². The van der Waals surface area contributed by atoms with Gasteiger partial charge in [-0.05, 0) is 53.8 Å². The van der Waals surface area contributed by atoms with Crippen LogP contribution in [0.3, 0.4) is 0 Å². The predicted molar refractivity (Wildman–Crippen MR) is 160 cm³/mol. The molecule has 41 heavy (non-hydrogen) atoms. The Hall–Kier alpha value is -5.49. The van der Waals surface area contributed by atoms with E-state index in [1.165, 1.54) is 4.90 Å². The Morgan fingerprint density at radius 3 is 2.02 bits per heavy atom. The maximum Gasteiger partial charge on any atom is 0.304 e. The molecule has 0 unspecified atom stereocenters. The number of fused-ring (bicyclic) bond motifs is 1. The van der Waals surface area contributed by atoms with Crippen molar-refractivity contribution in [2.75, 3.05) is 4.90 Å². The molecule has 7 rings (SSSR count). The number of ketones is 1. The third-order valence-electron chi connectivity index (χ3n) is 7.32. The summed E-state index contributed by atoms with van der Waals surface area (Å²) in [5, 5.41) is 0. The molecule has 6 heteroatoms. The van der Waals surface area contributed by atoms with Gasteiger partial charge in [0, 0.05) is 11.1 Å². The van der Waals surface area contributed by atoms with Crippen molar-refractivity contribution in [2.24, 2.45) is 0 Å². The van der Waals surface area contributed by atoms with Crippen LogP contribution < -0.4 is 4.90 Å². The van der Waals surface area contributed by atoms with Gasteiger partial charge in [0.1, 0.15) is 0 Å². The first-order valence-corrected chi connectivity index (χ1v) is 13.5. The van der Waals surface area contributed by atoms with Gasteiger partial charge in [-0.15, -0.1) is 0 Å². The number of hydrogen-bond acceptors (Lipinski definition) is 5. The van der Waals surface area contributed by atoms with E-state index in [0.29, 0.717) is 34.4 Å². The molecule has 0 saturated heterocycles. The number of amides is 1. The average molecular weight is 533 g/mol. The first-order valence-electron chi connectivity index (χ1n) is 13.5. The Bertz CT molecular complexity index is 1880. The standard InChI is InChI=1S/C35H24N4O2/c40-31-29-22-26(23-11-4-1-5-12-23)19-20-30(29)39(35(31)41)28-18-10-17-27(21-28)34-37-32(24-13-6-2-7-14-24)36-33(38-34)25-15-8-3-9-16-25/h1-8,10-15,17-22H,9,16H2. The van der Waals surface area contributed by atoms with Crippen LogP contribution in [0.1, 0.15) is 29.0 Å². The number of rotatable bonds is 5. The summed E-state index contributed by atoms with van der Waals surface area (Å²) < 4.78 is 0. The maximum absolute atomic E-state index is 13.3. The zero-order valence-corrected chi connectivity index (χ0v) is 22.1. The minimum absolute atomic E-state index is 0.396. The maximum atomic E-state index is 13.3. The van der Waals surface area contributed by atoms with Crippen LogP contribution in [-0.2, 0) is 4.79 Å². The zero-order chi connectivity index (χ0) is 27.8. The second-order valence-corrected chi connectivity index (χ2v) is 9.95. The molecule has 5 aromatic rings. The lowest BCUT2D eigenvalue weighted by molar-refractivity contribution is -0.113. The highest BCUT2D eigenvalue weighted by atomic mass is 16.2. The minimum atomic E-state index is -0.581. The molecular formula is C35H24N4O2. The molecule has 2 aliphatic rings. The van der Waals surface area contributed by atoms with Crippen molar-refractivity contribution in [2.45, 2.75) is 12.8 Å². The van der Waals surface area contributed by atoms with Gasteiger partial charge in [-0.25, -0.2) is 15.0 Å². The quantitative estimate of drug-likeness (QED) is 0.220. The number of nitrogens with zero attached hydrogens (tertiary/aromatic N) is 4. The van der Waals surface area contributed by atoms with Gasteiger partial charge in [0.05, 0.1) is 16.9 Å². The number of hydrogen-bond donors (Lipinski definition) is 0. The summed E-state index contributed by atoms with van der Waals surface area (Å²) >= 11 is 0. The number of carbonyl (C=O) groups is 2. The second kappa shape index (κ2) is 10.2. The SMILES string of the molecule is O=C1C(=O)N(c2cccc(-c3nc(C4=CC=CCC4)nc(-c4ccccc4)n3)c2)c2ccc(-c3ccccc3)cc21. The minimum Gasteiger partial charge on any atom is -0.283 e. The molecular weight excluding hydrogens is 508 g/mol. The van der Waals surface area contributed by atoms with E-state index in [1.807, 2.05) is 109 Å². The van der Waals surface area contributed by atoms with E-state index in [4.69, 9.17) is 15.0 Å². The van der Waals surface area contributed by atoms with Gasteiger partial charge in [0.2, 0.25) is 0 Å². The van der Waals surface area contributed by atoms with Crippen LogP contribution in [0.25, 0.3) is 39.5 Å². The molecule has 1 aliphatic heterocycles. The monoisotopic (exact) mass is 532 g/mol.